The van der Waals surface area contributed by atoms with Gasteiger partial charge in [0.25, 0.3) is 0 Å². The summed E-state index contributed by atoms with van der Waals surface area (Å²) < 4.78 is 7.46. The highest BCUT2D eigenvalue weighted by molar-refractivity contribution is 9.11. The number of hydrogen-bond acceptors (Lipinski definition) is 2. The molecule has 0 aliphatic carbocycles. The fourth-order valence-electron chi connectivity index (χ4n) is 1.35. The number of unbranched alkanes of at least 4 members (excludes halogenated alkanes) is 2. The van der Waals surface area contributed by atoms with Crippen LogP contribution in [0, 0.1) is 0 Å². The van der Waals surface area contributed by atoms with Crippen molar-refractivity contribution >= 4 is 37.8 Å². The van der Waals surface area contributed by atoms with Gasteiger partial charge < -0.3 is 9.84 Å². The van der Waals surface area contributed by atoms with Crippen molar-refractivity contribution in [3.8, 4) is 5.75 Å². The van der Waals surface area contributed by atoms with Gasteiger partial charge in [-0.05, 0) is 63.3 Å². The van der Waals surface area contributed by atoms with Gasteiger partial charge in [0.15, 0.2) is 0 Å². The molecule has 0 unspecified atom stereocenters. The number of rotatable bonds is 7. The van der Waals surface area contributed by atoms with Gasteiger partial charge >= 0.3 is 5.97 Å². The molecule has 0 amide bonds. The van der Waals surface area contributed by atoms with Crippen molar-refractivity contribution in [1.29, 1.82) is 0 Å². The maximum atomic E-state index is 10.3. The van der Waals surface area contributed by atoms with Gasteiger partial charge in [-0.3, -0.25) is 4.79 Å². The van der Waals surface area contributed by atoms with Crippen LogP contribution in [0.5, 0.6) is 5.75 Å². The molecular formula is C12H14Br2O3. The van der Waals surface area contributed by atoms with E-state index in [2.05, 4.69) is 31.9 Å². The van der Waals surface area contributed by atoms with E-state index in [9.17, 15) is 4.79 Å². The lowest BCUT2D eigenvalue weighted by Crippen LogP contribution is -2.00. The van der Waals surface area contributed by atoms with E-state index in [0.29, 0.717) is 13.0 Å². The second-order valence-corrected chi connectivity index (χ2v) is 5.31. The van der Waals surface area contributed by atoms with Gasteiger partial charge in [-0.25, -0.2) is 0 Å². The quantitative estimate of drug-likeness (QED) is 0.735. The van der Waals surface area contributed by atoms with Crippen LogP contribution in [0.1, 0.15) is 25.7 Å². The van der Waals surface area contributed by atoms with E-state index in [4.69, 9.17) is 9.84 Å². The molecule has 5 heteroatoms. The molecule has 0 saturated carbocycles. The summed E-state index contributed by atoms with van der Waals surface area (Å²) >= 11 is 6.83. The SMILES string of the molecule is O=C(O)CCCCCOc1c(Br)cccc1Br. The second kappa shape index (κ2) is 7.71. The van der Waals surface area contributed by atoms with Crippen molar-refractivity contribution in [2.45, 2.75) is 25.7 Å². The largest absolute Gasteiger partial charge is 0.491 e. The predicted molar refractivity (Wildman–Crippen MR) is 73.4 cm³/mol. The highest BCUT2D eigenvalue weighted by Gasteiger charge is 2.05. The third-order valence-corrected chi connectivity index (χ3v) is 3.45. The molecule has 0 saturated heterocycles. The number of para-hydroxylation sites is 1. The summed E-state index contributed by atoms with van der Waals surface area (Å²) in [6.07, 6.45) is 2.67. The van der Waals surface area contributed by atoms with Gasteiger partial charge in [-0.1, -0.05) is 6.07 Å². The van der Waals surface area contributed by atoms with Crippen LogP contribution in [-0.4, -0.2) is 17.7 Å². The normalized spacial score (nSPS) is 10.2. The maximum Gasteiger partial charge on any atom is 0.303 e. The van der Waals surface area contributed by atoms with Crippen LogP contribution in [0.25, 0.3) is 0 Å². The number of carboxylic acid groups (broad SMARTS) is 1. The summed E-state index contributed by atoms with van der Waals surface area (Å²) in [5.41, 5.74) is 0. The first kappa shape index (κ1) is 14.5. The van der Waals surface area contributed by atoms with E-state index < -0.39 is 5.97 Å². The molecule has 17 heavy (non-hydrogen) atoms. The van der Waals surface area contributed by atoms with Gasteiger partial charge in [0.05, 0.1) is 15.6 Å². The van der Waals surface area contributed by atoms with E-state index >= 15 is 0 Å². The molecule has 0 fully saturated rings. The minimum Gasteiger partial charge on any atom is -0.491 e. The molecule has 0 aliphatic rings. The average molecular weight is 366 g/mol. The highest BCUT2D eigenvalue weighted by Crippen LogP contribution is 2.33. The fraction of sp³-hybridized carbons (Fsp3) is 0.417. The summed E-state index contributed by atoms with van der Waals surface area (Å²) in [6, 6.07) is 5.77. The number of halogens is 2. The monoisotopic (exact) mass is 364 g/mol. The minimum atomic E-state index is -0.737. The van der Waals surface area contributed by atoms with Crippen LogP contribution in [0.4, 0.5) is 0 Å². The number of hydrogen-bond donors (Lipinski definition) is 1. The second-order valence-electron chi connectivity index (χ2n) is 3.60. The third-order valence-electron chi connectivity index (χ3n) is 2.20. The van der Waals surface area contributed by atoms with Crippen molar-refractivity contribution in [1.82, 2.24) is 0 Å². The summed E-state index contributed by atoms with van der Waals surface area (Å²) in [6.45, 7) is 0.598. The first-order chi connectivity index (χ1) is 8.11. The smallest absolute Gasteiger partial charge is 0.303 e. The van der Waals surface area contributed by atoms with Crippen LogP contribution in [0.15, 0.2) is 27.1 Å². The standard InChI is InChI=1S/C12H14Br2O3/c13-9-5-4-6-10(14)12(9)17-8-3-1-2-7-11(15)16/h4-6H,1-3,7-8H2,(H,15,16). The molecule has 1 aromatic carbocycles. The first-order valence-corrected chi connectivity index (χ1v) is 6.98. The zero-order valence-electron chi connectivity index (χ0n) is 9.29. The molecule has 1 aromatic rings. The molecule has 0 heterocycles. The van der Waals surface area contributed by atoms with Crippen LogP contribution in [0.3, 0.4) is 0 Å². The van der Waals surface area contributed by atoms with E-state index in [1.807, 2.05) is 18.2 Å². The zero-order valence-corrected chi connectivity index (χ0v) is 12.5. The maximum absolute atomic E-state index is 10.3. The van der Waals surface area contributed by atoms with Gasteiger partial charge in [-0.15, -0.1) is 0 Å². The molecule has 0 atom stereocenters. The molecule has 0 spiro atoms. The van der Waals surface area contributed by atoms with Crippen LogP contribution in [-0.2, 0) is 4.79 Å². The molecular weight excluding hydrogens is 352 g/mol. The number of benzene rings is 1. The van der Waals surface area contributed by atoms with Gasteiger partial charge in [0, 0.05) is 6.42 Å². The first-order valence-electron chi connectivity index (χ1n) is 5.40. The molecule has 0 aromatic heterocycles. The van der Waals surface area contributed by atoms with E-state index in [0.717, 1.165) is 27.5 Å². The Bertz CT molecular complexity index is 360. The fourth-order valence-corrected chi connectivity index (χ4v) is 2.58. The Hall–Kier alpha value is -0.550. The lowest BCUT2D eigenvalue weighted by molar-refractivity contribution is -0.137. The Morgan fingerprint density at radius 1 is 1.18 bits per heavy atom. The molecule has 0 aliphatic heterocycles. The molecule has 1 rings (SSSR count). The van der Waals surface area contributed by atoms with E-state index in [1.54, 1.807) is 0 Å². The Balaban J connectivity index is 2.24. The summed E-state index contributed by atoms with van der Waals surface area (Å²) in [5, 5.41) is 8.48. The zero-order chi connectivity index (χ0) is 12.7. The Labute approximate surface area is 117 Å². The Morgan fingerprint density at radius 3 is 2.41 bits per heavy atom. The van der Waals surface area contributed by atoms with E-state index in [-0.39, 0.29) is 6.42 Å². The molecule has 1 N–H and O–H groups in total. The van der Waals surface area contributed by atoms with Crippen molar-refractivity contribution in [3.63, 3.8) is 0 Å². The van der Waals surface area contributed by atoms with Crippen molar-refractivity contribution < 1.29 is 14.6 Å². The average Bonchev–Trinajstić information content (AvgIpc) is 2.26. The van der Waals surface area contributed by atoms with Gasteiger partial charge in [0.1, 0.15) is 5.75 Å². The highest BCUT2D eigenvalue weighted by atomic mass is 79.9. The molecule has 0 bridgehead atoms. The van der Waals surface area contributed by atoms with Crippen molar-refractivity contribution in [2.75, 3.05) is 6.61 Å². The van der Waals surface area contributed by atoms with Crippen LogP contribution >= 0.6 is 31.9 Å². The third kappa shape index (κ3) is 5.55. The Morgan fingerprint density at radius 2 is 1.82 bits per heavy atom. The topological polar surface area (TPSA) is 46.5 Å². The lowest BCUT2D eigenvalue weighted by Gasteiger charge is -2.09. The Kier molecular flexibility index (Phi) is 6.58. The predicted octanol–water partition coefficient (Wildman–Crippen LogP) is 4.24. The summed E-state index contributed by atoms with van der Waals surface area (Å²) in [7, 11) is 0. The number of ether oxygens (including phenoxy) is 1. The van der Waals surface area contributed by atoms with Crippen LogP contribution < -0.4 is 4.74 Å². The van der Waals surface area contributed by atoms with Gasteiger partial charge in [-0.2, -0.15) is 0 Å². The lowest BCUT2D eigenvalue weighted by atomic mass is 10.2. The van der Waals surface area contributed by atoms with Gasteiger partial charge in [0.2, 0.25) is 0 Å². The number of aliphatic carboxylic acids is 1. The number of carbonyl (C=O) groups is 1. The van der Waals surface area contributed by atoms with Crippen molar-refractivity contribution in [3.05, 3.63) is 27.1 Å². The minimum absolute atomic E-state index is 0.235. The van der Waals surface area contributed by atoms with Crippen molar-refractivity contribution in [2.24, 2.45) is 0 Å². The summed E-state index contributed by atoms with van der Waals surface area (Å²) in [5.74, 6) is 0.0604. The van der Waals surface area contributed by atoms with Crippen LogP contribution in [0.2, 0.25) is 0 Å². The summed E-state index contributed by atoms with van der Waals surface area (Å²) in [4.78, 5) is 10.3. The molecule has 94 valence electrons. The molecule has 3 nitrogen and oxygen atoms in total. The molecule has 0 radical (unpaired) electrons. The van der Waals surface area contributed by atoms with E-state index in [1.165, 1.54) is 0 Å². The number of carboxylic acids is 1.